The van der Waals surface area contributed by atoms with Gasteiger partial charge in [-0.3, -0.25) is 4.79 Å². The Kier molecular flexibility index (Phi) is 4.91. The fourth-order valence-corrected chi connectivity index (χ4v) is 3.48. The summed E-state index contributed by atoms with van der Waals surface area (Å²) in [5.74, 6) is -0.213. The minimum absolute atomic E-state index is 0.0701. The summed E-state index contributed by atoms with van der Waals surface area (Å²) in [6.45, 7) is 2.09. The van der Waals surface area contributed by atoms with Gasteiger partial charge >= 0.3 is 0 Å². The van der Waals surface area contributed by atoms with Crippen molar-refractivity contribution >= 4 is 33.2 Å². The van der Waals surface area contributed by atoms with Crippen LogP contribution in [0.1, 0.15) is 24.8 Å². The van der Waals surface area contributed by atoms with Gasteiger partial charge in [-0.25, -0.2) is 8.42 Å². The average molecular weight is 331 g/mol. The van der Waals surface area contributed by atoms with E-state index in [1.807, 2.05) is 13.0 Å². The van der Waals surface area contributed by atoms with Crippen LogP contribution in [0.5, 0.6) is 0 Å². The zero-order valence-corrected chi connectivity index (χ0v) is 13.7. The minimum Gasteiger partial charge on any atom is -0.326 e. The van der Waals surface area contributed by atoms with Gasteiger partial charge in [0.15, 0.2) is 0 Å². The smallest absolute Gasteiger partial charge is 0.225 e. The fourth-order valence-electron chi connectivity index (χ4n) is 2.14. The molecule has 1 N–H and O–H groups in total. The fraction of sp³-hybridized carbons (Fsp3) is 0.500. The second-order valence-corrected chi connectivity index (χ2v) is 7.73. The number of nitrogens with one attached hydrogen (secondary N) is 1. The van der Waals surface area contributed by atoms with Crippen molar-refractivity contribution in [1.82, 2.24) is 4.31 Å². The van der Waals surface area contributed by atoms with Crippen LogP contribution in [0.3, 0.4) is 0 Å². The van der Waals surface area contributed by atoms with Gasteiger partial charge in [-0.2, -0.15) is 4.31 Å². The molecule has 0 atom stereocenters. The summed E-state index contributed by atoms with van der Waals surface area (Å²) in [5.41, 5.74) is 1.57. The third kappa shape index (κ3) is 4.69. The molecular weight excluding hydrogens is 312 g/mol. The molecule has 0 aliphatic heterocycles. The number of amides is 1. The lowest BCUT2D eigenvalue weighted by atomic mass is 10.2. The molecule has 1 aromatic carbocycles. The molecule has 1 aromatic rings. The zero-order valence-electron chi connectivity index (χ0n) is 12.1. The van der Waals surface area contributed by atoms with E-state index in [1.54, 1.807) is 12.1 Å². The van der Waals surface area contributed by atoms with E-state index in [0.717, 1.165) is 18.4 Å². The lowest BCUT2D eigenvalue weighted by molar-refractivity contribution is -0.116. The van der Waals surface area contributed by atoms with E-state index in [0.29, 0.717) is 10.7 Å². The van der Waals surface area contributed by atoms with Crippen molar-refractivity contribution in [2.75, 3.05) is 18.1 Å². The molecule has 0 saturated heterocycles. The second kappa shape index (κ2) is 6.34. The third-order valence-electron chi connectivity index (χ3n) is 3.41. The molecule has 0 spiro atoms. The molecule has 1 aliphatic rings. The molecule has 0 heterocycles. The number of carbonyl (C=O) groups is 1. The topological polar surface area (TPSA) is 66.5 Å². The first kappa shape index (κ1) is 16.3. The Balaban J connectivity index is 1.94. The van der Waals surface area contributed by atoms with E-state index in [-0.39, 0.29) is 24.9 Å². The molecule has 1 fully saturated rings. The Morgan fingerprint density at radius 2 is 2.10 bits per heavy atom. The van der Waals surface area contributed by atoms with Crippen LogP contribution in [0.4, 0.5) is 5.69 Å². The van der Waals surface area contributed by atoms with Gasteiger partial charge in [0, 0.05) is 29.7 Å². The number of rotatable bonds is 6. The van der Waals surface area contributed by atoms with Gasteiger partial charge in [-0.05, 0) is 37.5 Å². The van der Waals surface area contributed by atoms with Crippen LogP contribution in [0.15, 0.2) is 18.2 Å². The maximum absolute atomic E-state index is 12.0. The first-order valence-corrected chi connectivity index (χ1v) is 9.03. The van der Waals surface area contributed by atoms with E-state index >= 15 is 0 Å². The lowest BCUT2D eigenvalue weighted by Gasteiger charge is -2.19. The van der Waals surface area contributed by atoms with Crippen molar-refractivity contribution < 1.29 is 13.2 Å². The summed E-state index contributed by atoms with van der Waals surface area (Å²) in [5, 5.41) is 3.32. The van der Waals surface area contributed by atoms with Crippen molar-refractivity contribution in [1.29, 1.82) is 0 Å². The van der Waals surface area contributed by atoms with Gasteiger partial charge in [0.1, 0.15) is 0 Å². The van der Waals surface area contributed by atoms with E-state index in [1.165, 1.54) is 10.6 Å². The highest BCUT2D eigenvalue weighted by Gasteiger charge is 2.34. The minimum atomic E-state index is -3.25. The number of benzene rings is 1. The predicted molar refractivity (Wildman–Crippen MR) is 84.0 cm³/mol. The molecule has 7 heteroatoms. The number of aryl methyl sites for hydroxylation is 1. The van der Waals surface area contributed by atoms with Crippen molar-refractivity contribution in [3.8, 4) is 0 Å². The van der Waals surface area contributed by atoms with Crippen LogP contribution in [-0.2, 0) is 14.8 Å². The standard InChI is InChI=1S/C14H19ClN2O3S/c1-10-3-4-11(15)9-13(10)16-14(18)7-8-17(12-5-6-12)21(2,19)20/h3-4,9,12H,5-8H2,1-2H3,(H,16,18). The van der Waals surface area contributed by atoms with Crippen molar-refractivity contribution in [3.05, 3.63) is 28.8 Å². The molecule has 1 amide bonds. The van der Waals surface area contributed by atoms with Crippen LogP contribution in [0, 0.1) is 6.92 Å². The van der Waals surface area contributed by atoms with Gasteiger partial charge in [-0.1, -0.05) is 17.7 Å². The second-order valence-electron chi connectivity index (χ2n) is 5.36. The van der Waals surface area contributed by atoms with E-state index in [2.05, 4.69) is 5.32 Å². The van der Waals surface area contributed by atoms with Crippen LogP contribution in [-0.4, -0.2) is 37.5 Å². The van der Waals surface area contributed by atoms with Gasteiger partial charge in [-0.15, -0.1) is 0 Å². The molecule has 2 rings (SSSR count). The average Bonchev–Trinajstić information content (AvgIpc) is 3.17. The van der Waals surface area contributed by atoms with Gasteiger partial charge in [0.05, 0.1) is 6.26 Å². The Hall–Kier alpha value is -1.11. The Labute approximate surface area is 130 Å². The number of hydrogen-bond donors (Lipinski definition) is 1. The molecule has 0 radical (unpaired) electrons. The molecular formula is C14H19ClN2O3S. The Morgan fingerprint density at radius 3 is 2.67 bits per heavy atom. The predicted octanol–water partition coefficient (Wildman–Crippen LogP) is 2.40. The quantitative estimate of drug-likeness (QED) is 0.871. The van der Waals surface area contributed by atoms with E-state index < -0.39 is 10.0 Å². The van der Waals surface area contributed by atoms with E-state index in [9.17, 15) is 13.2 Å². The number of nitrogens with zero attached hydrogens (tertiary/aromatic N) is 1. The molecule has 21 heavy (non-hydrogen) atoms. The molecule has 0 bridgehead atoms. The molecule has 0 aromatic heterocycles. The van der Waals surface area contributed by atoms with Crippen LogP contribution in [0.2, 0.25) is 5.02 Å². The Bertz CT molecular complexity index is 642. The van der Waals surface area contributed by atoms with E-state index in [4.69, 9.17) is 11.6 Å². The number of halogens is 1. The SMILES string of the molecule is Cc1ccc(Cl)cc1NC(=O)CCN(C1CC1)S(C)(=O)=O. The molecule has 5 nitrogen and oxygen atoms in total. The summed E-state index contributed by atoms with van der Waals surface area (Å²) >= 11 is 5.90. The zero-order chi connectivity index (χ0) is 15.6. The summed E-state index contributed by atoms with van der Waals surface area (Å²) < 4.78 is 24.7. The largest absolute Gasteiger partial charge is 0.326 e. The van der Waals surface area contributed by atoms with Gasteiger partial charge in [0.2, 0.25) is 15.9 Å². The van der Waals surface area contributed by atoms with Crippen molar-refractivity contribution in [2.45, 2.75) is 32.2 Å². The van der Waals surface area contributed by atoms with Gasteiger partial charge < -0.3 is 5.32 Å². The lowest BCUT2D eigenvalue weighted by Crippen LogP contribution is -2.34. The number of anilines is 1. The third-order valence-corrected chi connectivity index (χ3v) is 4.98. The monoisotopic (exact) mass is 330 g/mol. The maximum atomic E-state index is 12.0. The summed E-state index contributed by atoms with van der Waals surface area (Å²) in [7, 11) is -3.25. The summed E-state index contributed by atoms with van der Waals surface area (Å²) in [6, 6.07) is 5.33. The molecule has 1 aliphatic carbocycles. The molecule has 1 saturated carbocycles. The van der Waals surface area contributed by atoms with Crippen molar-refractivity contribution in [2.24, 2.45) is 0 Å². The van der Waals surface area contributed by atoms with Gasteiger partial charge in [0.25, 0.3) is 0 Å². The highest BCUT2D eigenvalue weighted by atomic mass is 35.5. The first-order valence-electron chi connectivity index (χ1n) is 6.80. The normalized spacial score (nSPS) is 15.2. The first-order chi connectivity index (χ1) is 9.77. The highest BCUT2D eigenvalue weighted by Crippen LogP contribution is 2.29. The number of carbonyl (C=O) groups excluding carboxylic acids is 1. The number of sulfonamides is 1. The summed E-state index contributed by atoms with van der Waals surface area (Å²) in [6.07, 6.45) is 3.07. The van der Waals surface area contributed by atoms with Crippen LogP contribution < -0.4 is 5.32 Å². The maximum Gasteiger partial charge on any atom is 0.225 e. The highest BCUT2D eigenvalue weighted by molar-refractivity contribution is 7.88. The molecule has 116 valence electrons. The van der Waals surface area contributed by atoms with Crippen molar-refractivity contribution in [3.63, 3.8) is 0 Å². The summed E-state index contributed by atoms with van der Waals surface area (Å²) in [4.78, 5) is 12.0. The molecule has 0 unspecified atom stereocenters. The van der Waals surface area contributed by atoms with Crippen LogP contribution >= 0.6 is 11.6 Å². The Morgan fingerprint density at radius 1 is 1.43 bits per heavy atom. The number of hydrogen-bond acceptors (Lipinski definition) is 3. The van der Waals surface area contributed by atoms with Crippen LogP contribution in [0.25, 0.3) is 0 Å².